The Morgan fingerprint density at radius 2 is 1.12 bits per heavy atom. The Balaban J connectivity index is 1.14. The molecule has 0 saturated carbocycles. The second-order valence-corrected chi connectivity index (χ2v) is 14.1. The maximum Gasteiger partial charge on any atom is 0.136 e. The summed E-state index contributed by atoms with van der Waals surface area (Å²) in [7, 11) is 0. The molecule has 0 amide bonds. The van der Waals surface area contributed by atoms with Crippen LogP contribution in [0.4, 0.5) is 17.1 Å². The normalized spacial score (nSPS) is 13.1. The number of benzene rings is 8. The van der Waals surface area contributed by atoms with E-state index in [1.807, 2.05) is 12.1 Å². The van der Waals surface area contributed by atoms with E-state index in [0.29, 0.717) is 0 Å². The number of hydrogen-bond acceptors (Lipinski definition) is 2. The molecule has 51 heavy (non-hydrogen) atoms. The van der Waals surface area contributed by atoms with Gasteiger partial charge >= 0.3 is 0 Å². The fourth-order valence-corrected chi connectivity index (χ4v) is 8.33. The minimum absolute atomic E-state index is 0.0921. The molecule has 0 radical (unpaired) electrons. The van der Waals surface area contributed by atoms with Crippen LogP contribution in [-0.2, 0) is 5.41 Å². The molecule has 0 atom stereocenters. The van der Waals surface area contributed by atoms with Gasteiger partial charge in [0.2, 0.25) is 0 Å². The van der Waals surface area contributed by atoms with Gasteiger partial charge in [-0.3, -0.25) is 0 Å². The third-order valence-corrected chi connectivity index (χ3v) is 10.9. The van der Waals surface area contributed by atoms with Gasteiger partial charge in [0.05, 0.1) is 5.69 Å². The molecule has 2 heteroatoms. The first kappa shape index (κ1) is 29.5. The zero-order chi connectivity index (χ0) is 34.1. The highest BCUT2D eigenvalue weighted by atomic mass is 16.3. The van der Waals surface area contributed by atoms with Crippen molar-refractivity contribution in [3.05, 3.63) is 187 Å². The van der Waals surface area contributed by atoms with Crippen LogP contribution in [0.1, 0.15) is 25.0 Å². The second-order valence-electron chi connectivity index (χ2n) is 14.1. The van der Waals surface area contributed by atoms with Crippen molar-refractivity contribution in [2.24, 2.45) is 0 Å². The molecular weight excluding hydrogens is 619 g/mol. The van der Waals surface area contributed by atoms with Crippen molar-refractivity contribution >= 4 is 49.8 Å². The lowest BCUT2D eigenvalue weighted by atomic mass is 9.82. The van der Waals surface area contributed by atoms with Crippen molar-refractivity contribution < 1.29 is 4.42 Å². The fraction of sp³-hybridized carbons (Fsp3) is 0.0612. The average molecular weight is 654 g/mol. The molecule has 0 N–H and O–H groups in total. The Hall–Kier alpha value is -6.38. The molecule has 10 rings (SSSR count). The van der Waals surface area contributed by atoms with Crippen LogP contribution in [0.25, 0.3) is 66.1 Å². The van der Waals surface area contributed by atoms with Crippen LogP contribution < -0.4 is 4.90 Å². The van der Waals surface area contributed by atoms with Crippen LogP contribution in [-0.4, -0.2) is 0 Å². The van der Waals surface area contributed by atoms with Crippen molar-refractivity contribution in [3.8, 4) is 33.4 Å². The van der Waals surface area contributed by atoms with E-state index in [2.05, 4.69) is 183 Å². The summed E-state index contributed by atoms with van der Waals surface area (Å²) in [4.78, 5) is 2.44. The molecule has 8 aromatic carbocycles. The predicted molar refractivity (Wildman–Crippen MR) is 214 cm³/mol. The molecule has 0 aliphatic heterocycles. The van der Waals surface area contributed by atoms with Gasteiger partial charge in [0.25, 0.3) is 0 Å². The SMILES string of the molecule is CC1(C)c2ccccc2-c2c(N(c3ccc(-c4ccc5ccc6oc7ccccc7c6c5c4)cc3)c3cccc(-c4ccccc4)c3)cccc21. The standard InChI is InChI=1S/C49H35NO/c1-49(2)42-18-8-6-16-39(42)48-43(49)19-11-20-44(48)50(38-15-10-14-35(30-38)32-12-4-3-5-13-32)37-27-24-33(25-28-37)36-23-22-34-26-29-46-47(41(34)31-36)40-17-7-9-21-45(40)51-46/h3-31H,1-2H3. The number of furan rings is 1. The molecule has 0 bridgehead atoms. The zero-order valence-corrected chi connectivity index (χ0v) is 28.6. The summed E-state index contributed by atoms with van der Waals surface area (Å²) in [5.41, 5.74) is 15.3. The van der Waals surface area contributed by atoms with E-state index in [-0.39, 0.29) is 5.41 Å². The first-order valence-corrected chi connectivity index (χ1v) is 17.7. The number of nitrogens with zero attached hydrogens (tertiary/aromatic N) is 1. The highest BCUT2D eigenvalue weighted by Crippen LogP contribution is 2.54. The summed E-state index contributed by atoms with van der Waals surface area (Å²) in [6, 6.07) is 63.7. The van der Waals surface area contributed by atoms with E-state index in [4.69, 9.17) is 4.42 Å². The Morgan fingerprint density at radius 3 is 2.00 bits per heavy atom. The smallest absolute Gasteiger partial charge is 0.136 e. The van der Waals surface area contributed by atoms with Gasteiger partial charge in [-0.2, -0.15) is 0 Å². The molecule has 0 saturated heterocycles. The van der Waals surface area contributed by atoms with Gasteiger partial charge < -0.3 is 9.32 Å². The van der Waals surface area contributed by atoms with Crippen LogP contribution in [0, 0.1) is 0 Å². The largest absolute Gasteiger partial charge is 0.456 e. The maximum atomic E-state index is 6.23. The van der Waals surface area contributed by atoms with Crippen LogP contribution in [0.5, 0.6) is 0 Å². The van der Waals surface area contributed by atoms with Crippen molar-refractivity contribution in [3.63, 3.8) is 0 Å². The molecular formula is C49H35NO. The minimum atomic E-state index is -0.0921. The molecule has 1 aromatic heterocycles. The van der Waals surface area contributed by atoms with E-state index >= 15 is 0 Å². The van der Waals surface area contributed by atoms with E-state index in [0.717, 1.165) is 27.9 Å². The maximum absolute atomic E-state index is 6.23. The van der Waals surface area contributed by atoms with Crippen LogP contribution in [0.15, 0.2) is 180 Å². The quantitative estimate of drug-likeness (QED) is 0.184. The Morgan fingerprint density at radius 1 is 0.451 bits per heavy atom. The Kier molecular flexibility index (Phi) is 6.56. The number of anilines is 3. The zero-order valence-electron chi connectivity index (χ0n) is 28.6. The van der Waals surface area contributed by atoms with Crippen LogP contribution >= 0.6 is 0 Å². The third kappa shape index (κ3) is 4.64. The molecule has 1 aliphatic rings. The van der Waals surface area contributed by atoms with E-state index < -0.39 is 0 Å². The first-order chi connectivity index (χ1) is 25.0. The van der Waals surface area contributed by atoms with Gasteiger partial charge in [0.15, 0.2) is 0 Å². The lowest BCUT2D eigenvalue weighted by molar-refractivity contribution is 0.660. The molecule has 0 fully saturated rings. The van der Waals surface area contributed by atoms with Gasteiger partial charge in [-0.1, -0.05) is 141 Å². The number of hydrogen-bond donors (Lipinski definition) is 0. The highest BCUT2D eigenvalue weighted by molar-refractivity contribution is 6.19. The summed E-state index contributed by atoms with van der Waals surface area (Å²) in [6.07, 6.45) is 0. The molecule has 242 valence electrons. The van der Waals surface area contributed by atoms with Crippen LogP contribution in [0.3, 0.4) is 0 Å². The second kappa shape index (κ2) is 11.3. The van der Waals surface area contributed by atoms with Gasteiger partial charge in [-0.15, -0.1) is 0 Å². The molecule has 1 aliphatic carbocycles. The van der Waals surface area contributed by atoms with Gasteiger partial charge in [0, 0.05) is 33.1 Å². The summed E-state index contributed by atoms with van der Waals surface area (Å²) in [6.45, 7) is 4.69. The van der Waals surface area contributed by atoms with Gasteiger partial charge in [0.1, 0.15) is 11.2 Å². The van der Waals surface area contributed by atoms with Crippen molar-refractivity contribution in [2.45, 2.75) is 19.3 Å². The van der Waals surface area contributed by atoms with Crippen LogP contribution in [0.2, 0.25) is 0 Å². The summed E-state index contributed by atoms with van der Waals surface area (Å²) in [5, 5.41) is 4.74. The summed E-state index contributed by atoms with van der Waals surface area (Å²) >= 11 is 0. The lowest BCUT2D eigenvalue weighted by Gasteiger charge is -2.29. The molecule has 0 spiro atoms. The topological polar surface area (TPSA) is 16.4 Å². The van der Waals surface area contributed by atoms with Crippen molar-refractivity contribution in [1.29, 1.82) is 0 Å². The monoisotopic (exact) mass is 653 g/mol. The van der Waals surface area contributed by atoms with Crippen molar-refractivity contribution in [1.82, 2.24) is 0 Å². The highest BCUT2D eigenvalue weighted by Gasteiger charge is 2.37. The summed E-state index contributed by atoms with van der Waals surface area (Å²) in [5.74, 6) is 0. The molecule has 9 aromatic rings. The van der Waals surface area contributed by atoms with E-state index in [1.165, 1.54) is 66.4 Å². The lowest BCUT2D eigenvalue weighted by Crippen LogP contribution is -2.16. The summed E-state index contributed by atoms with van der Waals surface area (Å²) < 4.78 is 6.23. The molecule has 2 nitrogen and oxygen atoms in total. The van der Waals surface area contributed by atoms with Crippen molar-refractivity contribution in [2.75, 3.05) is 4.90 Å². The molecule has 1 heterocycles. The molecule has 0 unspecified atom stereocenters. The van der Waals surface area contributed by atoms with E-state index in [1.54, 1.807) is 0 Å². The Bertz CT molecular complexity index is 2770. The average Bonchev–Trinajstić information content (AvgIpc) is 3.68. The minimum Gasteiger partial charge on any atom is -0.456 e. The fourth-order valence-electron chi connectivity index (χ4n) is 8.33. The number of para-hydroxylation sites is 1. The van der Waals surface area contributed by atoms with E-state index in [9.17, 15) is 0 Å². The van der Waals surface area contributed by atoms with Gasteiger partial charge in [-0.25, -0.2) is 0 Å². The number of fused-ring (bicyclic) bond motifs is 8. The predicted octanol–water partition coefficient (Wildman–Crippen LogP) is 13.8. The third-order valence-electron chi connectivity index (χ3n) is 10.9. The van der Waals surface area contributed by atoms with Gasteiger partial charge in [-0.05, 0) is 98.2 Å². The Labute approximate surface area is 297 Å². The number of rotatable bonds is 5. The first-order valence-electron chi connectivity index (χ1n) is 17.7.